The van der Waals surface area contributed by atoms with Crippen LogP contribution in [0.4, 0.5) is 0 Å². The first kappa shape index (κ1) is 23.5. The normalized spacial score (nSPS) is 11.5. The highest BCUT2D eigenvalue weighted by atomic mass is 32.1. The predicted molar refractivity (Wildman–Crippen MR) is 124 cm³/mol. The lowest BCUT2D eigenvalue weighted by Gasteiger charge is -2.19. The van der Waals surface area contributed by atoms with Gasteiger partial charge in [-0.15, -0.1) is 11.3 Å². The Balaban J connectivity index is 1.73. The average molecular weight is 458 g/mol. The van der Waals surface area contributed by atoms with Crippen molar-refractivity contribution in [3.8, 4) is 0 Å². The number of ether oxygens (including phenoxy) is 1. The second kappa shape index (κ2) is 9.52. The summed E-state index contributed by atoms with van der Waals surface area (Å²) in [5, 5.41) is 3.08. The third-order valence-electron chi connectivity index (χ3n) is 4.68. The lowest BCUT2D eigenvalue weighted by atomic mass is 10.2. The molecule has 170 valence electrons. The Hall–Kier alpha value is -3.20. The van der Waals surface area contributed by atoms with Gasteiger partial charge in [-0.3, -0.25) is 23.5 Å². The largest absolute Gasteiger partial charge is 0.460 e. The topological polar surface area (TPSA) is 99.4 Å². The fraction of sp³-hybridized carbons (Fsp3) is 0.391. The number of esters is 1. The molecule has 0 saturated carbocycles. The van der Waals surface area contributed by atoms with E-state index in [-0.39, 0.29) is 24.8 Å². The van der Waals surface area contributed by atoms with Gasteiger partial charge in [-0.1, -0.05) is 30.3 Å². The van der Waals surface area contributed by atoms with Crippen LogP contribution in [0.1, 0.15) is 48.8 Å². The Morgan fingerprint density at radius 3 is 2.47 bits per heavy atom. The molecule has 0 aliphatic rings. The Morgan fingerprint density at radius 2 is 1.81 bits per heavy atom. The van der Waals surface area contributed by atoms with Gasteiger partial charge in [-0.05, 0) is 38.8 Å². The van der Waals surface area contributed by atoms with Crippen molar-refractivity contribution in [1.82, 2.24) is 14.5 Å². The van der Waals surface area contributed by atoms with Gasteiger partial charge in [0.1, 0.15) is 10.4 Å². The van der Waals surface area contributed by atoms with E-state index in [0.717, 1.165) is 16.9 Å². The van der Waals surface area contributed by atoms with Gasteiger partial charge in [0.15, 0.2) is 0 Å². The van der Waals surface area contributed by atoms with Gasteiger partial charge in [0.05, 0.1) is 16.8 Å². The van der Waals surface area contributed by atoms with Crippen LogP contribution in [0.3, 0.4) is 0 Å². The van der Waals surface area contributed by atoms with Gasteiger partial charge in [0.25, 0.3) is 11.5 Å². The number of nitrogens with zero attached hydrogens (tertiary/aromatic N) is 2. The number of benzene rings is 1. The van der Waals surface area contributed by atoms with Crippen molar-refractivity contribution < 1.29 is 14.3 Å². The highest BCUT2D eigenvalue weighted by Gasteiger charge is 2.19. The van der Waals surface area contributed by atoms with Crippen molar-refractivity contribution in [2.75, 3.05) is 6.54 Å². The summed E-state index contributed by atoms with van der Waals surface area (Å²) < 4.78 is 7.81. The van der Waals surface area contributed by atoms with E-state index in [9.17, 15) is 19.2 Å². The number of aryl methyl sites for hydroxylation is 1. The van der Waals surface area contributed by atoms with Crippen LogP contribution in [0, 0.1) is 0 Å². The van der Waals surface area contributed by atoms with E-state index in [1.54, 1.807) is 27.8 Å². The van der Waals surface area contributed by atoms with Crippen molar-refractivity contribution in [3.05, 3.63) is 67.7 Å². The Bertz CT molecular complexity index is 1250. The predicted octanol–water partition coefficient (Wildman–Crippen LogP) is 2.66. The van der Waals surface area contributed by atoms with E-state index >= 15 is 0 Å². The quantitative estimate of drug-likeness (QED) is 0.434. The van der Waals surface area contributed by atoms with Crippen molar-refractivity contribution in [2.24, 2.45) is 7.05 Å². The van der Waals surface area contributed by atoms with E-state index < -0.39 is 16.9 Å². The molecule has 2 heterocycles. The highest BCUT2D eigenvalue weighted by Crippen LogP contribution is 2.21. The molecule has 1 aromatic carbocycles. The number of amides is 1. The molecule has 3 aromatic rings. The van der Waals surface area contributed by atoms with Gasteiger partial charge in [-0.2, -0.15) is 0 Å². The molecule has 0 saturated heterocycles. The van der Waals surface area contributed by atoms with Crippen LogP contribution in [0.25, 0.3) is 10.2 Å². The third kappa shape index (κ3) is 5.53. The molecule has 0 aliphatic carbocycles. The lowest BCUT2D eigenvalue weighted by molar-refractivity contribution is -0.154. The molecule has 2 aromatic heterocycles. The SMILES string of the molecule is Cn1c(=O)n(Cc2ccccc2)c(=O)c2cc(C(=O)NCCCC(=O)OC(C)(C)C)sc21. The molecule has 1 amide bonds. The number of nitrogens with one attached hydrogen (secondary N) is 1. The number of hydrogen-bond acceptors (Lipinski definition) is 6. The maximum absolute atomic E-state index is 13.0. The van der Waals surface area contributed by atoms with Gasteiger partial charge in [0.2, 0.25) is 0 Å². The number of aromatic nitrogens is 2. The zero-order valence-corrected chi connectivity index (χ0v) is 19.5. The number of fused-ring (bicyclic) bond motifs is 1. The standard InChI is InChI=1S/C23H27N3O5S/c1-23(2,3)31-18(27)11-8-12-24-19(28)17-13-16-20(29)26(14-15-9-6-5-7-10-15)22(30)25(4)21(16)32-17/h5-7,9-10,13H,8,11-12,14H2,1-4H3,(H,24,28). The fourth-order valence-electron chi connectivity index (χ4n) is 3.22. The first-order valence-corrected chi connectivity index (χ1v) is 11.2. The van der Waals surface area contributed by atoms with Gasteiger partial charge >= 0.3 is 11.7 Å². The van der Waals surface area contributed by atoms with Crippen LogP contribution in [0.2, 0.25) is 0 Å². The summed E-state index contributed by atoms with van der Waals surface area (Å²) in [6, 6.07) is 10.8. The van der Waals surface area contributed by atoms with Crippen LogP contribution in [-0.4, -0.2) is 33.2 Å². The summed E-state index contributed by atoms with van der Waals surface area (Å²) in [5.41, 5.74) is -0.560. The van der Waals surface area contributed by atoms with Crippen LogP contribution in [-0.2, 0) is 23.1 Å². The highest BCUT2D eigenvalue weighted by molar-refractivity contribution is 7.20. The molecule has 1 N–H and O–H groups in total. The minimum atomic E-state index is -0.541. The third-order valence-corrected chi connectivity index (χ3v) is 5.89. The first-order valence-electron chi connectivity index (χ1n) is 10.3. The van der Waals surface area contributed by atoms with Gasteiger partial charge < -0.3 is 10.1 Å². The Morgan fingerprint density at radius 1 is 1.12 bits per heavy atom. The number of thiophene rings is 1. The average Bonchev–Trinajstić information content (AvgIpc) is 3.18. The molecule has 3 rings (SSSR count). The molecule has 0 spiro atoms. The minimum absolute atomic E-state index is 0.157. The van der Waals surface area contributed by atoms with Crippen molar-refractivity contribution in [3.63, 3.8) is 0 Å². The maximum Gasteiger partial charge on any atom is 0.332 e. The molecule has 8 nitrogen and oxygen atoms in total. The number of carbonyl (C=O) groups excluding carboxylic acids is 2. The fourth-order valence-corrected chi connectivity index (χ4v) is 4.24. The zero-order chi connectivity index (χ0) is 23.5. The molecule has 0 unspecified atom stereocenters. The molecule has 0 fully saturated rings. The minimum Gasteiger partial charge on any atom is -0.460 e. The van der Waals surface area contributed by atoms with Crippen LogP contribution >= 0.6 is 11.3 Å². The molecule has 0 aliphatic heterocycles. The smallest absolute Gasteiger partial charge is 0.332 e. The van der Waals surface area contributed by atoms with Crippen molar-refractivity contribution in [2.45, 2.75) is 45.8 Å². The van der Waals surface area contributed by atoms with E-state index in [0.29, 0.717) is 28.1 Å². The molecule has 0 radical (unpaired) electrons. The first-order chi connectivity index (χ1) is 15.1. The van der Waals surface area contributed by atoms with Crippen molar-refractivity contribution in [1.29, 1.82) is 0 Å². The molecule has 32 heavy (non-hydrogen) atoms. The van der Waals surface area contributed by atoms with E-state index in [4.69, 9.17) is 4.74 Å². The zero-order valence-electron chi connectivity index (χ0n) is 18.6. The molecular formula is C23H27N3O5S. The Labute approximate surface area is 189 Å². The maximum atomic E-state index is 13.0. The summed E-state index contributed by atoms with van der Waals surface area (Å²) in [6.07, 6.45) is 0.635. The number of rotatable bonds is 7. The molecule has 9 heteroatoms. The van der Waals surface area contributed by atoms with Crippen LogP contribution in [0.15, 0.2) is 46.0 Å². The summed E-state index contributed by atoms with van der Waals surface area (Å²) >= 11 is 1.09. The Kier molecular flexibility index (Phi) is 6.98. The van der Waals surface area contributed by atoms with E-state index in [1.807, 2.05) is 30.3 Å². The lowest BCUT2D eigenvalue weighted by Crippen LogP contribution is -2.38. The van der Waals surface area contributed by atoms with Crippen LogP contribution in [0.5, 0.6) is 0 Å². The van der Waals surface area contributed by atoms with Crippen molar-refractivity contribution >= 4 is 33.4 Å². The number of hydrogen-bond donors (Lipinski definition) is 1. The summed E-state index contributed by atoms with van der Waals surface area (Å²) in [4.78, 5) is 50.8. The monoisotopic (exact) mass is 457 g/mol. The summed E-state index contributed by atoms with van der Waals surface area (Å²) in [7, 11) is 1.59. The summed E-state index contributed by atoms with van der Waals surface area (Å²) in [5.74, 6) is -0.667. The summed E-state index contributed by atoms with van der Waals surface area (Å²) in [6.45, 7) is 5.85. The molecule has 0 bridgehead atoms. The molecular weight excluding hydrogens is 430 g/mol. The molecule has 0 atom stereocenters. The second-order valence-corrected chi connectivity index (χ2v) is 9.52. The van der Waals surface area contributed by atoms with Crippen LogP contribution < -0.4 is 16.6 Å². The van der Waals surface area contributed by atoms with E-state index in [2.05, 4.69) is 5.32 Å². The second-order valence-electron chi connectivity index (χ2n) is 8.49. The van der Waals surface area contributed by atoms with Gasteiger partial charge in [-0.25, -0.2) is 4.79 Å². The van der Waals surface area contributed by atoms with E-state index in [1.165, 1.54) is 15.2 Å². The number of carbonyl (C=O) groups is 2. The van der Waals surface area contributed by atoms with Gasteiger partial charge in [0, 0.05) is 20.0 Å².